The van der Waals surface area contributed by atoms with E-state index >= 15 is 0 Å². The normalized spacial score (nSPS) is 13.4. The molecule has 1 aromatic rings. The number of hydrogen-bond acceptors (Lipinski definition) is 4. The lowest BCUT2D eigenvalue weighted by Gasteiger charge is -2.21. The third-order valence-electron chi connectivity index (χ3n) is 2.48. The van der Waals surface area contributed by atoms with Crippen LogP contribution in [0.2, 0.25) is 0 Å². The van der Waals surface area contributed by atoms with Crippen LogP contribution in [0.3, 0.4) is 0 Å². The molecule has 15 heavy (non-hydrogen) atoms. The molecule has 0 saturated heterocycles. The van der Waals surface area contributed by atoms with Gasteiger partial charge in [-0.1, -0.05) is 13.8 Å². The van der Waals surface area contributed by atoms with Gasteiger partial charge in [-0.2, -0.15) is 0 Å². The molecule has 0 fully saturated rings. The summed E-state index contributed by atoms with van der Waals surface area (Å²) in [5.41, 5.74) is 0. The minimum atomic E-state index is 0.353. The largest absolute Gasteiger partial charge is 0.383 e. The van der Waals surface area contributed by atoms with Crippen LogP contribution in [0.1, 0.15) is 19.7 Å². The molecule has 5 heteroatoms. The summed E-state index contributed by atoms with van der Waals surface area (Å²) >= 11 is 0. The van der Waals surface area contributed by atoms with Gasteiger partial charge in [-0.3, -0.25) is 0 Å². The summed E-state index contributed by atoms with van der Waals surface area (Å²) in [5.74, 6) is 1.48. The SMILES string of the molecule is COCC(NCc1nncn1C)C(C)C. The van der Waals surface area contributed by atoms with Crippen LogP contribution in [0.25, 0.3) is 0 Å². The summed E-state index contributed by atoms with van der Waals surface area (Å²) in [6.07, 6.45) is 1.71. The van der Waals surface area contributed by atoms with Gasteiger partial charge in [-0.15, -0.1) is 10.2 Å². The summed E-state index contributed by atoms with van der Waals surface area (Å²) < 4.78 is 7.07. The smallest absolute Gasteiger partial charge is 0.146 e. The second-order valence-corrected chi connectivity index (χ2v) is 4.04. The number of aryl methyl sites for hydroxylation is 1. The lowest BCUT2D eigenvalue weighted by molar-refractivity contribution is 0.146. The van der Waals surface area contributed by atoms with Crippen LogP contribution in [0.4, 0.5) is 0 Å². The van der Waals surface area contributed by atoms with E-state index in [0.29, 0.717) is 12.0 Å². The highest BCUT2D eigenvalue weighted by molar-refractivity contribution is 4.85. The van der Waals surface area contributed by atoms with Crippen LogP contribution >= 0.6 is 0 Å². The van der Waals surface area contributed by atoms with Crippen LogP contribution in [0, 0.1) is 5.92 Å². The predicted molar refractivity (Wildman–Crippen MR) is 58.3 cm³/mol. The quantitative estimate of drug-likeness (QED) is 0.749. The molecule has 1 unspecified atom stereocenters. The molecular formula is C10H20N4O. The van der Waals surface area contributed by atoms with Crippen LogP contribution in [0.15, 0.2) is 6.33 Å². The standard InChI is InChI=1S/C10H20N4O/c1-8(2)9(6-15-4)11-5-10-13-12-7-14(10)3/h7-9,11H,5-6H2,1-4H3. The topological polar surface area (TPSA) is 52.0 Å². The Balaban J connectivity index is 2.43. The van der Waals surface area contributed by atoms with E-state index in [0.717, 1.165) is 19.0 Å². The average Bonchev–Trinajstić information content (AvgIpc) is 2.58. The highest BCUT2D eigenvalue weighted by Crippen LogP contribution is 2.03. The summed E-state index contributed by atoms with van der Waals surface area (Å²) in [6.45, 7) is 5.79. The number of ether oxygens (including phenoxy) is 1. The molecule has 0 bridgehead atoms. The Morgan fingerprint density at radius 1 is 1.53 bits per heavy atom. The Morgan fingerprint density at radius 2 is 2.27 bits per heavy atom. The molecule has 0 aliphatic heterocycles. The maximum Gasteiger partial charge on any atom is 0.146 e. The van der Waals surface area contributed by atoms with Crippen molar-refractivity contribution in [2.24, 2.45) is 13.0 Å². The first-order valence-electron chi connectivity index (χ1n) is 5.20. The van der Waals surface area contributed by atoms with Crippen molar-refractivity contribution in [3.05, 3.63) is 12.2 Å². The number of aromatic nitrogens is 3. The van der Waals surface area contributed by atoms with Gasteiger partial charge in [0.05, 0.1) is 13.2 Å². The van der Waals surface area contributed by atoms with Crippen molar-refractivity contribution in [2.45, 2.75) is 26.4 Å². The van der Waals surface area contributed by atoms with Gasteiger partial charge in [-0.25, -0.2) is 0 Å². The Labute approximate surface area is 90.8 Å². The monoisotopic (exact) mass is 212 g/mol. The number of rotatable bonds is 6. The summed E-state index contributed by atoms with van der Waals surface area (Å²) in [6, 6.07) is 0.353. The zero-order valence-corrected chi connectivity index (χ0v) is 9.90. The summed E-state index contributed by atoms with van der Waals surface area (Å²) in [5, 5.41) is 11.3. The predicted octanol–water partition coefficient (Wildman–Crippen LogP) is 0.576. The van der Waals surface area contributed by atoms with E-state index in [9.17, 15) is 0 Å². The maximum absolute atomic E-state index is 5.16. The Bertz CT molecular complexity index is 285. The van der Waals surface area contributed by atoms with E-state index in [1.807, 2.05) is 11.6 Å². The molecule has 0 aliphatic rings. The zero-order chi connectivity index (χ0) is 11.3. The summed E-state index contributed by atoms with van der Waals surface area (Å²) in [7, 11) is 3.66. The lowest BCUT2D eigenvalue weighted by Crippen LogP contribution is -2.37. The molecule has 0 spiro atoms. The number of hydrogen-bond donors (Lipinski definition) is 1. The molecule has 86 valence electrons. The third kappa shape index (κ3) is 3.60. The zero-order valence-electron chi connectivity index (χ0n) is 9.90. The molecular weight excluding hydrogens is 192 g/mol. The van der Waals surface area contributed by atoms with Gasteiger partial charge < -0.3 is 14.6 Å². The van der Waals surface area contributed by atoms with Crippen molar-refractivity contribution in [3.63, 3.8) is 0 Å². The first-order chi connectivity index (χ1) is 7.15. The molecule has 5 nitrogen and oxygen atoms in total. The van der Waals surface area contributed by atoms with E-state index in [1.165, 1.54) is 0 Å². The fourth-order valence-electron chi connectivity index (χ4n) is 1.36. The Hall–Kier alpha value is -0.940. The van der Waals surface area contributed by atoms with Gasteiger partial charge in [-0.05, 0) is 5.92 Å². The van der Waals surface area contributed by atoms with Crippen LogP contribution in [-0.4, -0.2) is 34.5 Å². The Morgan fingerprint density at radius 3 is 2.73 bits per heavy atom. The minimum Gasteiger partial charge on any atom is -0.383 e. The lowest BCUT2D eigenvalue weighted by atomic mass is 10.1. The second-order valence-electron chi connectivity index (χ2n) is 4.04. The van der Waals surface area contributed by atoms with Crippen molar-refractivity contribution in [2.75, 3.05) is 13.7 Å². The van der Waals surface area contributed by atoms with Gasteiger partial charge in [0, 0.05) is 20.2 Å². The molecule has 1 aromatic heterocycles. The fourth-order valence-corrected chi connectivity index (χ4v) is 1.36. The first-order valence-corrected chi connectivity index (χ1v) is 5.20. The van der Waals surface area contributed by atoms with E-state index in [1.54, 1.807) is 13.4 Å². The van der Waals surface area contributed by atoms with Crippen molar-refractivity contribution in [1.29, 1.82) is 0 Å². The molecule has 1 rings (SSSR count). The van der Waals surface area contributed by atoms with Gasteiger partial charge in [0.2, 0.25) is 0 Å². The third-order valence-corrected chi connectivity index (χ3v) is 2.48. The minimum absolute atomic E-state index is 0.353. The van der Waals surface area contributed by atoms with Gasteiger partial charge in [0.1, 0.15) is 12.2 Å². The molecule has 1 N–H and O–H groups in total. The number of nitrogens with zero attached hydrogens (tertiary/aromatic N) is 3. The van der Waals surface area contributed by atoms with Crippen molar-refractivity contribution < 1.29 is 4.74 Å². The molecule has 1 atom stereocenters. The fraction of sp³-hybridized carbons (Fsp3) is 0.800. The van der Waals surface area contributed by atoms with Gasteiger partial charge in [0.25, 0.3) is 0 Å². The maximum atomic E-state index is 5.16. The number of nitrogens with one attached hydrogen (secondary N) is 1. The summed E-state index contributed by atoms with van der Waals surface area (Å²) in [4.78, 5) is 0. The van der Waals surface area contributed by atoms with Crippen LogP contribution < -0.4 is 5.32 Å². The van der Waals surface area contributed by atoms with Crippen molar-refractivity contribution >= 4 is 0 Å². The van der Waals surface area contributed by atoms with E-state index in [2.05, 4.69) is 29.4 Å². The van der Waals surface area contributed by atoms with Crippen molar-refractivity contribution in [3.8, 4) is 0 Å². The Kier molecular flexibility index (Phi) is 4.71. The van der Waals surface area contributed by atoms with E-state index in [4.69, 9.17) is 4.74 Å². The molecule has 1 heterocycles. The highest BCUT2D eigenvalue weighted by atomic mass is 16.5. The second kappa shape index (κ2) is 5.82. The van der Waals surface area contributed by atoms with Crippen molar-refractivity contribution in [1.82, 2.24) is 20.1 Å². The number of methoxy groups -OCH3 is 1. The van der Waals surface area contributed by atoms with Crippen LogP contribution in [0.5, 0.6) is 0 Å². The van der Waals surface area contributed by atoms with Crippen LogP contribution in [-0.2, 0) is 18.3 Å². The molecule has 0 aliphatic carbocycles. The van der Waals surface area contributed by atoms with Gasteiger partial charge in [0.15, 0.2) is 0 Å². The van der Waals surface area contributed by atoms with Gasteiger partial charge >= 0.3 is 0 Å². The molecule has 0 saturated carbocycles. The molecule has 0 aromatic carbocycles. The first kappa shape index (κ1) is 12.1. The molecule has 0 amide bonds. The van der Waals surface area contributed by atoms with E-state index in [-0.39, 0.29) is 0 Å². The molecule has 0 radical (unpaired) electrons. The average molecular weight is 212 g/mol. The van der Waals surface area contributed by atoms with E-state index < -0.39 is 0 Å². The highest BCUT2D eigenvalue weighted by Gasteiger charge is 2.13.